The highest BCUT2D eigenvalue weighted by molar-refractivity contribution is 6.23. The number of imide groups is 1. The van der Waals surface area contributed by atoms with E-state index < -0.39 is 6.04 Å². The lowest BCUT2D eigenvalue weighted by molar-refractivity contribution is -0.121. The number of carbonyl (C=O) groups excluding carboxylic acids is 2. The lowest BCUT2D eigenvalue weighted by Crippen LogP contribution is -2.35. The van der Waals surface area contributed by atoms with Gasteiger partial charge in [-0.25, -0.2) is 4.90 Å². The molecule has 0 unspecified atom stereocenters. The van der Waals surface area contributed by atoms with E-state index in [2.05, 4.69) is 31.3 Å². The molecule has 1 aliphatic heterocycles. The Kier molecular flexibility index (Phi) is 4.62. The van der Waals surface area contributed by atoms with Crippen LogP contribution >= 0.6 is 0 Å². The van der Waals surface area contributed by atoms with Crippen LogP contribution in [0.5, 0.6) is 0 Å². The van der Waals surface area contributed by atoms with Gasteiger partial charge >= 0.3 is 0 Å². The average Bonchev–Trinajstić information content (AvgIpc) is 2.85. The van der Waals surface area contributed by atoms with Crippen molar-refractivity contribution in [3.63, 3.8) is 0 Å². The summed E-state index contributed by atoms with van der Waals surface area (Å²) in [5.41, 5.74) is 6.14. The molecule has 1 saturated heterocycles. The normalized spacial score (nSPS) is 17.3. The molecule has 130 valence electrons. The Morgan fingerprint density at radius 3 is 2.20 bits per heavy atom. The summed E-state index contributed by atoms with van der Waals surface area (Å²) in [7, 11) is 0. The Morgan fingerprint density at radius 2 is 1.64 bits per heavy atom. The number of nitrogens with one attached hydrogen (secondary N) is 1. The van der Waals surface area contributed by atoms with Gasteiger partial charge in [0.15, 0.2) is 0 Å². The zero-order valence-electron chi connectivity index (χ0n) is 15.2. The fraction of sp³-hybridized carbons (Fsp3) is 0.333. The van der Waals surface area contributed by atoms with Crippen LogP contribution in [0.2, 0.25) is 0 Å². The van der Waals surface area contributed by atoms with E-state index in [0.29, 0.717) is 5.69 Å². The number of hydrogen-bond donors (Lipinski definition) is 1. The quantitative estimate of drug-likeness (QED) is 0.861. The molecule has 1 fully saturated rings. The topological polar surface area (TPSA) is 49.4 Å². The molecule has 25 heavy (non-hydrogen) atoms. The third kappa shape index (κ3) is 3.29. The SMILES string of the molecule is CCc1ccc(N2C(=O)C[C@@H](Nc3c(C)cc(C)cc3C)C2=O)cc1. The van der Waals surface area contributed by atoms with Gasteiger partial charge in [0.25, 0.3) is 5.91 Å². The van der Waals surface area contributed by atoms with Gasteiger partial charge in [-0.3, -0.25) is 9.59 Å². The third-order valence-electron chi connectivity index (χ3n) is 4.75. The number of nitrogens with zero attached hydrogens (tertiary/aromatic N) is 1. The lowest BCUT2D eigenvalue weighted by Gasteiger charge is -2.19. The number of benzene rings is 2. The van der Waals surface area contributed by atoms with Crippen molar-refractivity contribution >= 4 is 23.2 Å². The van der Waals surface area contributed by atoms with Gasteiger partial charge in [0, 0.05) is 5.69 Å². The second-order valence-electron chi connectivity index (χ2n) is 6.76. The molecule has 2 aromatic carbocycles. The largest absolute Gasteiger partial charge is 0.373 e. The molecule has 1 aliphatic rings. The van der Waals surface area contributed by atoms with E-state index in [1.165, 1.54) is 16.0 Å². The lowest BCUT2D eigenvalue weighted by atomic mass is 10.0. The number of amides is 2. The first kappa shape index (κ1) is 17.2. The molecule has 0 saturated carbocycles. The molecule has 0 aliphatic carbocycles. The van der Waals surface area contributed by atoms with Crippen LogP contribution in [0.3, 0.4) is 0 Å². The van der Waals surface area contributed by atoms with Crippen LogP contribution in [-0.4, -0.2) is 17.9 Å². The van der Waals surface area contributed by atoms with Crippen LogP contribution in [0.1, 0.15) is 35.6 Å². The van der Waals surface area contributed by atoms with Crippen molar-refractivity contribution < 1.29 is 9.59 Å². The van der Waals surface area contributed by atoms with Crippen LogP contribution in [0.4, 0.5) is 11.4 Å². The molecular formula is C21H24N2O2. The average molecular weight is 336 g/mol. The second-order valence-corrected chi connectivity index (χ2v) is 6.76. The molecule has 1 N–H and O–H groups in total. The van der Waals surface area contributed by atoms with E-state index in [0.717, 1.165) is 23.2 Å². The third-order valence-corrected chi connectivity index (χ3v) is 4.75. The minimum atomic E-state index is -0.515. The minimum absolute atomic E-state index is 0.158. The van der Waals surface area contributed by atoms with Gasteiger partial charge < -0.3 is 5.32 Å². The maximum Gasteiger partial charge on any atom is 0.256 e. The van der Waals surface area contributed by atoms with Crippen LogP contribution in [0.15, 0.2) is 36.4 Å². The monoisotopic (exact) mass is 336 g/mol. The van der Waals surface area contributed by atoms with E-state index in [-0.39, 0.29) is 18.2 Å². The van der Waals surface area contributed by atoms with Crippen LogP contribution in [-0.2, 0) is 16.0 Å². The number of aryl methyl sites for hydroxylation is 4. The van der Waals surface area contributed by atoms with Gasteiger partial charge in [-0.15, -0.1) is 0 Å². The van der Waals surface area contributed by atoms with Gasteiger partial charge in [0.2, 0.25) is 5.91 Å². The fourth-order valence-corrected chi connectivity index (χ4v) is 3.48. The van der Waals surface area contributed by atoms with Crippen molar-refractivity contribution in [1.82, 2.24) is 0 Å². The maximum atomic E-state index is 12.8. The first-order valence-electron chi connectivity index (χ1n) is 8.70. The zero-order chi connectivity index (χ0) is 18.1. The van der Waals surface area contributed by atoms with Crippen molar-refractivity contribution in [1.29, 1.82) is 0 Å². The first-order valence-corrected chi connectivity index (χ1v) is 8.70. The van der Waals surface area contributed by atoms with E-state index in [1.54, 1.807) is 0 Å². The van der Waals surface area contributed by atoms with Crippen molar-refractivity contribution in [3.05, 3.63) is 58.7 Å². The smallest absolute Gasteiger partial charge is 0.256 e. The van der Waals surface area contributed by atoms with Crippen molar-refractivity contribution in [2.24, 2.45) is 0 Å². The van der Waals surface area contributed by atoms with Gasteiger partial charge in [-0.2, -0.15) is 0 Å². The van der Waals surface area contributed by atoms with Crippen LogP contribution < -0.4 is 10.2 Å². The molecule has 2 aromatic rings. The predicted molar refractivity (Wildman–Crippen MR) is 101 cm³/mol. The summed E-state index contributed by atoms with van der Waals surface area (Å²) in [6.45, 7) is 8.17. The minimum Gasteiger partial charge on any atom is -0.373 e. The van der Waals surface area contributed by atoms with Crippen molar-refractivity contribution in [2.45, 2.75) is 46.6 Å². The molecule has 3 rings (SSSR count). The Hall–Kier alpha value is -2.62. The Labute approximate surface area is 148 Å². The van der Waals surface area contributed by atoms with E-state index in [4.69, 9.17) is 0 Å². The van der Waals surface area contributed by atoms with E-state index >= 15 is 0 Å². The van der Waals surface area contributed by atoms with Gasteiger partial charge in [0.05, 0.1) is 12.1 Å². The molecular weight excluding hydrogens is 312 g/mol. The summed E-state index contributed by atoms with van der Waals surface area (Å²) in [6.07, 6.45) is 1.11. The van der Waals surface area contributed by atoms with E-state index in [1.807, 2.05) is 38.1 Å². The first-order chi connectivity index (χ1) is 11.9. The van der Waals surface area contributed by atoms with Crippen LogP contribution in [0, 0.1) is 20.8 Å². The molecule has 0 radical (unpaired) electrons. The molecule has 0 aromatic heterocycles. The summed E-state index contributed by atoms with van der Waals surface area (Å²) >= 11 is 0. The standard InChI is InChI=1S/C21H24N2O2/c1-5-16-6-8-17(9-7-16)23-19(24)12-18(21(23)25)22-20-14(3)10-13(2)11-15(20)4/h6-11,18,22H,5,12H2,1-4H3/t18-/m1/s1. The fourth-order valence-electron chi connectivity index (χ4n) is 3.48. The van der Waals surface area contributed by atoms with Crippen molar-refractivity contribution in [2.75, 3.05) is 10.2 Å². The zero-order valence-corrected chi connectivity index (χ0v) is 15.2. The second kappa shape index (κ2) is 6.71. The summed E-state index contributed by atoms with van der Waals surface area (Å²) in [6, 6.07) is 11.3. The molecule has 0 bridgehead atoms. The van der Waals surface area contributed by atoms with Gasteiger partial charge in [-0.05, 0) is 56.0 Å². The Morgan fingerprint density at radius 1 is 1.04 bits per heavy atom. The molecule has 2 amide bonds. The number of anilines is 2. The van der Waals surface area contributed by atoms with Crippen LogP contribution in [0.25, 0.3) is 0 Å². The molecule has 0 spiro atoms. The summed E-state index contributed by atoms with van der Waals surface area (Å²) in [5.74, 6) is -0.345. The highest BCUT2D eigenvalue weighted by Crippen LogP contribution is 2.28. The molecule has 1 atom stereocenters. The number of rotatable bonds is 4. The summed E-state index contributed by atoms with van der Waals surface area (Å²) in [5, 5.41) is 3.30. The van der Waals surface area contributed by atoms with Gasteiger partial charge in [-0.1, -0.05) is 36.8 Å². The highest BCUT2D eigenvalue weighted by Gasteiger charge is 2.39. The number of hydrogen-bond acceptors (Lipinski definition) is 3. The molecule has 4 heteroatoms. The maximum absolute atomic E-state index is 12.8. The number of carbonyl (C=O) groups is 2. The van der Waals surface area contributed by atoms with E-state index in [9.17, 15) is 9.59 Å². The van der Waals surface area contributed by atoms with Crippen molar-refractivity contribution in [3.8, 4) is 0 Å². The highest BCUT2D eigenvalue weighted by atomic mass is 16.2. The molecule has 4 nitrogen and oxygen atoms in total. The Bertz CT molecular complexity index is 801. The summed E-state index contributed by atoms with van der Waals surface area (Å²) in [4.78, 5) is 26.5. The Balaban J connectivity index is 1.84. The predicted octanol–water partition coefficient (Wildman–Crippen LogP) is 3.92. The molecule has 1 heterocycles. The van der Waals surface area contributed by atoms with Gasteiger partial charge in [0.1, 0.15) is 6.04 Å². The summed E-state index contributed by atoms with van der Waals surface area (Å²) < 4.78 is 0.